The van der Waals surface area contributed by atoms with Gasteiger partial charge in [-0.25, -0.2) is 4.79 Å². The molecular weight excluding hydrogens is 268 g/mol. The molecule has 0 aliphatic heterocycles. The van der Waals surface area contributed by atoms with E-state index in [9.17, 15) is 14.4 Å². The predicted molar refractivity (Wildman–Crippen MR) is 70.1 cm³/mol. The molecule has 6 N–H and O–H groups in total. The van der Waals surface area contributed by atoms with Crippen LogP contribution < -0.4 is 22.1 Å². The molecule has 0 aromatic carbocycles. The minimum absolute atomic E-state index is 0.0665. The Balaban J connectivity index is 4.32. The van der Waals surface area contributed by atoms with Gasteiger partial charge in [-0.3, -0.25) is 14.5 Å². The average molecular weight is 290 g/mol. The zero-order valence-corrected chi connectivity index (χ0v) is 11.9. The molecule has 0 heterocycles. The predicted octanol–water partition coefficient (Wildman–Crippen LogP) is -1.38. The first-order valence-corrected chi connectivity index (χ1v) is 6.02. The minimum atomic E-state index is -1.07. The first-order chi connectivity index (χ1) is 9.16. The second-order valence-electron chi connectivity index (χ2n) is 5.15. The Labute approximate surface area is 117 Å². The van der Waals surface area contributed by atoms with Crippen LogP contribution >= 0.6 is 0 Å². The number of nitrogens with two attached hydrogens (primary N) is 2. The summed E-state index contributed by atoms with van der Waals surface area (Å²) in [5, 5.41) is 5.00. The summed E-state index contributed by atoms with van der Waals surface area (Å²) in [5.74, 6) is -0.838. The van der Waals surface area contributed by atoms with Crippen molar-refractivity contribution in [3.8, 4) is 0 Å². The van der Waals surface area contributed by atoms with E-state index in [1.54, 1.807) is 0 Å². The molecule has 116 valence electrons. The fourth-order valence-corrected chi connectivity index (χ4v) is 1.16. The van der Waals surface area contributed by atoms with Crippen molar-refractivity contribution in [2.75, 3.05) is 19.7 Å². The Morgan fingerprint density at radius 2 is 1.80 bits per heavy atom. The van der Waals surface area contributed by atoms with Crippen molar-refractivity contribution in [2.45, 2.75) is 26.8 Å². The highest BCUT2D eigenvalue weighted by atomic mass is 17.2. The molecule has 0 aliphatic rings. The summed E-state index contributed by atoms with van der Waals surface area (Å²) in [7, 11) is 0. The third-order valence-corrected chi connectivity index (χ3v) is 2.39. The van der Waals surface area contributed by atoms with Gasteiger partial charge in [0.05, 0.1) is 19.1 Å². The average Bonchev–Trinajstić information content (AvgIpc) is 2.33. The van der Waals surface area contributed by atoms with E-state index in [1.807, 2.05) is 20.8 Å². The fraction of sp³-hybridized carbons (Fsp3) is 0.727. The molecule has 0 aliphatic carbocycles. The van der Waals surface area contributed by atoms with Crippen LogP contribution in [0.3, 0.4) is 0 Å². The Hall–Kier alpha value is -1.87. The van der Waals surface area contributed by atoms with Crippen LogP contribution in [0.2, 0.25) is 0 Å². The van der Waals surface area contributed by atoms with Gasteiger partial charge in [0.1, 0.15) is 6.61 Å². The number of carbonyl (C=O) groups excluding carboxylic acids is 3. The maximum Gasteiger partial charge on any atom is 0.436 e. The Morgan fingerprint density at radius 3 is 2.25 bits per heavy atom. The van der Waals surface area contributed by atoms with Gasteiger partial charge < -0.3 is 22.1 Å². The van der Waals surface area contributed by atoms with Gasteiger partial charge in [0, 0.05) is 0 Å². The molecular formula is C11H22N4O5. The molecule has 9 nitrogen and oxygen atoms in total. The first kappa shape index (κ1) is 18.1. The first-order valence-electron chi connectivity index (χ1n) is 6.02. The van der Waals surface area contributed by atoms with Crippen LogP contribution in [0.25, 0.3) is 0 Å². The standard InChI is InChI=1S/C11H22N4O5/c1-11(2,3)7(6-19-20-10(13)18)15-9(17)5-14-8(16)4-12/h7H,4-6,12H2,1-3H3,(H2,13,18)(H,14,16)(H,15,17). The second kappa shape index (κ2) is 8.33. The normalized spacial score (nSPS) is 12.4. The number of nitrogens with one attached hydrogen (secondary N) is 2. The van der Waals surface area contributed by atoms with E-state index in [2.05, 4.69) is 20.4 Å². The van der Waals surface area contributed by atoms with Gasteiger partial charge >= 0.3 is 6.09 Å². The quantitative estimate of drug-likeness (QED) is 0.336. The number of primary amides is 1. The Bertz CT molecular complexity index is 353. The second-order valence-corrected chi connectivity index (χ2v) is 5.15. The summed E-state index contributed by atoms with van der Waals surface area (Å²) in [5.41, 5.74) is 9.50. The number of rotatable bonds is 7. The zero-order valence-electron chi connectivity index (χ0n) is 11.9. The van der Waals surface area contributed by atoms with Gasteiger partial charge in [0.25, 0.3) is 0 Å². The molecule has 1 atom stereocenters. The van der Waals surface area contributed by atoms with Crippen molar-refractivity contribution in [3.05, 3.63) is 0 Å². The van der Waals surface area contributed by atoms with Crippen molar-refractivity contribution < 1.29 is 24.2 Å². The van der Waals surface area contributed by atoms with Crippen molar-refractivity contribution in [2.24, 2.45) is 16.9 Å². The minimum Gasteiger partial charge on any atom is -0.349 e. The maximum atomic E-state index is 11.7. The maximum absolute atomic E-state index is 11.7. The number of carbonyl (C=O) groups is 3. The third kappa shape index (κ3) is 8.27. The molecule has 0 fully saturated rings. The molecule has 0 spiro atoms. The van der Waals surface area contributed by atoms with Crippen LogP contribution in [0.4, 0.5) is 4.79 Å². The van der Waals surface area contributed by atoms with Gasteiger partial charge in [-0.15, -0.1) is 0 Å². The van der Waals surface area contributed by atoms with Crippen molar-refractivity contribution in [1.82, 2.24) is 10.6 Å². The smallest absolute Gasteiger partial charge is 0.349 e. The third-order valence-electron chi connectivity index (χ3n) is 2.39. The van der Waals surface area contributed by atoms with E-state index in [0.717, 1.165) is 0 Å². The topological polar surface area (TPSA) is 146 Å². The summed E-state index contributed by atoms with van der Waals surface area (Å²) in [4.78, 5) is 41.8. The van der Waals surface area contributed by atoms with Crippen LogP contribution in [0.15, 0.2) is 0 Å². The van der Waals surface area contributed by atoms with E-state index in [1.165, 1.54) is 0 Å². The number of hydrogen-bond donors (Lipinski definition) is 4. The lowest BCUT2D eigenvalue weighted by molar-refractivity contribution is -0.244. The van der Waals surface area contributed by atoms with Crippen molar-refractivity contribution in [3.63, 3.8) is 0 Å². The van der Waals surface area contributed by atoms with E-state index < -0.39 is 23.9 Å². The molecule has 0 radical (unpaired) electrons. The number of hydrogen-bond acceptors (Lipinski definition) is 6. The lowest BCUT2D eigenvalue weighted by atomic mass is 9.87. The van der Waals surface area contributed by atoms with E-state index in [4.69, 9.17) is 11.5 Å². The highest BCUT2D eigenvalue weighted by molar-refractivity contribution is 5.85. The summed E-state index contributed by atoms with van der Waals surface area (Å²) in [6.45, 7) is 5.14. The Kier molecular flexibility index (Phi) is 7.55. The van der Waals surface area contributed by atoms with Gasteiger partial charge in [-0.2, -0.15) is 4.89 Å². The van der Waals surface area contributed by atoms with Crippen LogP contribution in [0.1, 0.15) is 20.8 Å². The molecule has 20 heavy (non-hydrogen) atoms. The highest BCUT2D eigenvalue weighted by Gasteiger charge is 2.27. The molecule has 0 rings (SSSR count). The van der Waals surface area contributed by atoms with Crippen LogP contribution in [0.5, 0.6) is 0 Å². The van der Waals surface area contributed by atoms with E-state index in [-0.39, 0.29) is 25.1 Å². The van der Waals surface area contributed by atoms with Crippen molar-refractivity contribution in [1.29, 1.82) is 0 Å². The van der Waals surface area contributed by atoms with E-state index >= 15 is 0 Å². The van der Waals surface area contributed by atoms with E-state index in [0.29, 0.717) is 0 Å². The zero-order chi connectivity index (χ0) is 15.8. The van der Waals surface area contributed by atoms with Gasteiger partial charge in [-0.1, -0.05) is 20.8 Å². The molecule has 0 aromatic heterocycles. The Morgan fingerprint density at radius 1 is 1.20 bits per heavy atom. The molecule has 0 saturated carbocycles. The largest absolute Gasteiger partial charge is 0.436 e. The summed E-state index contributed by atoms with van der Waals surface area (Å²) in [6.07, 6.45) is -1.07. The lowest BCUT2D eigenvalue weighted by Crippen LogP contribution is -2.50. The van der Waals surface area contributed by atoms with Gasteiger partial charge in [-0.05, 0) is 5.41 Å². The summed E-state index contributed by atoms with van der Waals surface area (Å²) in [6, 6.07) is -0.441. The summed E-state index contributed by atoms with van der Waals surface area (Å²) >= 11 is 0. The van der Waals surface area contributed by atoms with Gasteiger partial charge in [0.2, 0.25) is 11.8 Å². The molecule has 0 bridgehead atoms. The molecule has 9 heteroatoms. The monoisotopic (exact) mass is 290 g/mol. The molecule has 1 unspecified atom stereocenters. The SMILES string of the molecule is CC(C)(C)C(COOC(N)=O)NC(=O)CNC(=O)CN. The van der Waals surface area contributed by atoms with Crippen LogP contribution in [-0.2, 0) is 19.4 Å². The lowest BCUT2D eigenvalue weighted by Gasteiger charge is -2.30. The molecule has 0 aromatic rings. The molecule has 3 amide bonds. The molecule has 0 saturated heterocycles. The van der Waals surface area contributed by atoms with Crippen molar-refractivity contribution >= 4 is 17.9 Å². The number of amides is 3. The highest BCUT2D eigenvalue weighted by Crippen LogP contribution is 2.19. The van der Waals surface area contributed by atoms with Gasteiger partial charge in [0.15, 0.2) is 0 Å². The summed E-state index contributed by atoms with van der Waals surface area (Å²) < 4.78 is 0. The van der Waals surface area contributed by atoms with Crippen LogP contribution in [0, 0.1) is 5.41 Å². The fourth-order valence-electron chi connectivity index (χ4n) is 1.16. The van der Waals surface area contributed by atoms with Crippen LogP contribution in [-0.4, -0.2) is 43.6 Å².